The van der Waals surface area contributed by atoms with Gasteiger partial charge in [0, 0.05) is 36.2 Å². The van der Waals surface area contributed by atoms with E-state index >= 15 is 0 Å². The fourth-order valence-electron chi connectivity index (χ4n) is 4.58. The topological polar surface area (TPSA) is 210 Å². The second kappa shape index (κ2) is 15.4. The molecule has 3 aromatic rings. The van der Waals surface area contributed by atoms with Crippen molar-refractivity contribution in [2.24, 2.45) is 16.5 Å². The van der Waals surface area contributed by atoms with E-state index in [0.717, 1.165) is 49.2 Å². The maximum Gasteiger partial charge on any atom is 0.321 e. The highest BCUT2D eigenvalue weighted by Crippen LogP contribution is 2.34. The summed E-state index contributed by atoms with van der Waals surface area (Å²) in [5.74, 6) is -4.54. The minimum Gasteiger partial charge on any atom is -0.480 e. The quantitative estimate of drug-likeness (QED) is 0.120. The summed E-state index contributed by atoms with van der Waals surface area (Å²) >= 11 is 1.08. The number of hydrogen-bond donors (Lipinski definition) is 4. The molecule has 240 valence electrons. The number of anilines is 1. The lowest BCUT2D eigenvalue weighted by Crippen LogP contribution is -2.33. The van der Waals surface area contributed by atoms with Gasteiger partial charge in [-0.3, -0.25) is 24.1 Å². The van der Waals surface area contributed by atoms with E-state index in [1.807, 2.05) is 6.92 Å². The molecule has 0 radical (unpaired) electrons. The Labute approximate surface area is 260 Å². The molecule has 1 saturated carbocycles. The highest BCUT2D eigenvalue weighted by atomic mass is 32.1. The number of pyridine rings is 1. The number of carboxylic acids is 1. The zero-order valence-electron chi connectivity index (χ0n) is 24.2. The molecule has 0 bridgehead atoms. The number of carboxylic acid groups (broad SMARTS) is 1. The van der Waals surface area contributed by atoms with E-state index in [1.165, 1.54) is 17.8 Å². The Balaban J connectivity index is 1.48. The van der Waals surface area contributed by atoms with Gasteiger partial charge in [-0.1, -0.05) is 0 Å². The van der Waals surface area contributed by atoms with Crippen molar-refractivity contribution in [3.05, 3.63) is 52.4 Å². The number of nitrogens with two attached hydrogens (primary N) is 2. The van der Waals surface area contributed by atoms with Crippen LogP contribution in [0.15, 0.2) is 34.9 Å². The van der Waals surface area contributed by atoms with Gasteiger partial charge in [-0.2, -0.15) is 9.49 Å². The van der Waals surface area contributed by atoms with Crippen LogP contribution in [0.4, 0.5) is 14.5 Å². The number of ether oxygens (including phenoxy) is 2. The molecule has 4 rings (SSSR count). The third kappa shape index (κ3) is 8.74. The molecule has 3 heterocycles. The van der Waals surface area contributed by atoms with Crippen molar-refractivity contribution < 1.29 is 37.7 Å². The molecule has 6 N–H and O–H groups in total. The van der Waals surface area contributed by atoms with Gasteiger partial charge >= 0.3 is 11.9 Å². The molecule has 1 aliphatic rings. The molecule has 3 aromatic heterocycles. The van der Waals surface area contributed by atoms with Gasteiger partial charge in [0.05, 0.1) is 24.3 Å². The number of aliphatic imine (C=N–C) groups is 1. The summed E-state index contributed by atoms with van der Waals surface area (Å²) in [6.07, 6.45) is 6.77. The highest BCUT2D eigenvalue weighted by molar-refractivity contribution is 7.11. The number of carbonyl (C=O) groups is 3. The Morgan fingerprint density at radius 1 is 1.22 bits per heavy atom. The number of amides is 1. The predicted octanol–water partition coefficient (Wildman–Crippen LogP) is 3.13. The maximum absolute atomic E-state index is 14.8. The largest absolute Gasteiger partial charge is 0.480 e. The molecule has 0 spiro atoms. The van der Waals surface area contributed by atoms with Gasteiger partial charge < -0.3 is 31.4 Å². The van der Waals surface area contributed by atoms with E-state index < -0.39 is 48.8 Å². The highest BCUT2D eigenvalue weighted by Gasteiger charge is 2.27. The molecule has 14 nitrogen and oxygen atoms in total. The average molecular weight is 647 g/mol. The molecular weight excluding hydrogens is 614 g/mol. The molecular formula is C28H32F2N8O6S. The fraction of sp³-hybridized carbons (Fsp3) is 0.393. The molecule has 45 heavy (non-hydrogen) atoms. The first-order chi connectivity index (χ1) is 21.6. The van der Waals surface area contributed by atoms with Gasteiger partial charge in [0.25, 0.3) is 5.91 Å². The number of carbonyl (C=O) groups excluding carboxylic acids is 2. The second-order valence-corrected chi connectivity index (χ2v) is 10.8. The Morgan fingerprint density at radius 2 is 1.98 bits per heavy atom. The van der Waals surface area contributed by atoms with Crippen LogP contribution in [0.5, 0.6) is 0 Å². The smallest absolute Gasteiger partial charge is 0.321 e. The maximum atomic E-state index is 14.8. The van der Waals surface area contributed by atoms with Crippen LogP contribution in [0.25, 0.3) is 17.0 Å². The van der Waals surface area contributed by atoms with Gasteiger partial charge in [0.2, 0.25) is 5.95 Å². The van der Waals surface area contributed by atoms with Crippen molar-refractivity contribution in [2.45, 2.75) is 57.2 Å². The van der Waals surface area contributed by atoms with Gasteiger partial charge in [-0.25, -0.2) is 14.4 Å². The van der Waals surface area contributed by atoms with E-state index in [4.69, 9.17) is 26.0 Å². The number of halogens is 2. The summed E-state index contributed by atoms with van der Waals surface area (Å²) in [5, 5.41) is 17.7. The van der Waals surface area contributed by atoms with Crippen molar-refractivity contribution in [1.82, 2.24) is 19.7 Å². The molecule has 0 saturated heterocycles. The van der Waals surface area contributed by atoms with Crippen LogP contribution in [-0.4, -0.2) is 74.4 Å². The zero-order chi connectivity index (χ0) is 32.5. The Kier molecular flexibility index (Phi) is 11.4. The first-order valence-corrected chi connectivity index (χ1v) is 14.8. The standard InChI is InChI=1S/C28H32F2N8O6S/c1-2-43-17-5-3-16(4-6-17)38-12-20(25(37-38)24-18(29)7-8-22(30)36-24)34-26(40)21-13-45-27(35-21)15(10-31)11-33-14-44-23(39)9-19(32)28(41)42/h7-8,10-13,16-17,19H,2-6,9,14,31-32H2,1H3,(H,34,40)(H,41,42)/b15-10+,33-11+. The zero-order valence-corrected chi connectivity index (χ0v) is 25.0. The van der Waals surface area contributed by atoms with Crippen LogP contribution in [0.3, 0.4) is 0 Å². The van der Waals surface area contributed by atoms with Gasteiger partial charge in [-0.15, -0.1) is 11.3 Å². The molecule has 1 atom stereocenters. The molecule has 1 aliphatic carbocycles. The van der Waals surface area contributed by atoms with Crippen molar-refractivity contribution in [1.29, 1.82) is 0 Å². The second-order valence-electron chi connectivity index (χ2n) is 9.94. The van der Waals surface area contributed by atoms with Crippen molar-refractivity contribution in [3.8, 4) is 11.4 Å². The Bertz CT molecular complexity index is 1580. The van der Waals surface area contributed by atoms with Crippen molar-refractivity contribution in [2.75, 3.05) is 18.7 Å². The predicted molar refractivity (Wildman–Crippen MR) is 160 cm³/mol. The summed E-state index contributed by atoms with van der Waals surface area (Å²) in [6.45, 7) is 2.14. The van der Waals surface area contributed by atoms with Crippen LogP contribution in [-0.2, 0) is 19.1 Å². The van der Waals surface area contributed by atoms with E-state index in [-0.39, 0.29) is 34.9 Å². The van der Waals surface area contributed by atoms with Gasteiger partial charge in [0.1, 0.15) is 28.1 Å². The van der Waals surface area contributed by atoms with Crippen LogP contribution >= 0.6 is 11.3 Å². The van der Waals surface area contributed by atoms with Crippen LogP contribution in [0.1, 0.15) is 60.6 Å². The number of aliphatic carboxylic acids is 1. The number of aromatic nitrogens is 4. The van der Waals surface area contributed by atoms with Crippen LogP contribution in [0, 0.1) is 11.8 Å². The van der Waals surface area contributed by atoms with E-state index in [9.17, 15) is 23.2 Å². The molecule has 0 aromatic carbocycles. The lowest BCUT2D eigenvalue weighted by atomic mass is 9.93. The summed E-state index contributed by atoms with van der Waals surface area (Å²) in [5.41, 5.74) is 11.0. The molecule has 0 aliphatic heterocycles. The number of thiazole rings is 1. The van der Waals surface area contributed by atoms with Gasteiger partial charge in [-0.05, 0) is 44.7 Å². The minimum atomic E-state index is -1.39. The summed E-state index contributed by atoms with van der Waals surface area (Å²) in [6, 6.07) is 0.399. The number of hydrogen-bond acceptors (Lipinski definition) is 12. The third-order valence-electron chi connectivity index (χ3n) is 6.83. The molecule has 1 amide bonds. The Morgan fingerprint density at radius 3 is 2.67 bits per heavy atom. The lowest BCUT2D eigenvalue weighted by molar-refractivity contribution is -0.148. The third-order valence-corrected chi connectivity index (χ3v) is 7.73. The van der Waals surface area contributed by atoms with E-state index in [1.54, 1.807) is 10.9 Å². The Hall–Kier alpha value is -4.61. The molecule has 1 unspecified atom stereocenters. The van der Waals surface area contributed by atoms with Gasteiger partial charge in [0.15, 0.2) is 12.5 Å². The summed E-state index contributed by atoms with van der Waals surface area (Å²) < 4.78 is 41.0. The first kappa shape index (κ1) is 33.3. The van der Waals surface area contributed by atoms with E-state index in [0.29, 0.717) is 17.2 Å². The fourth-order valence-corrected chi connectivity index (χ4v) is 5.37. The minimum absolute atomic E-state index is 0.000400. The van der Waals surface area contributed by atoms with Crippen LogP contribution in [0.2, 0.25) is 0 Å². The van der Waals surface area contributed by atoms with Crippen molar-refractivity contribution in [3.63, 3.8) is 0 Å². The SMILES string of the molecule is CCOC1CCC(n2cc(NC(=O)c3csc(C(/C=N/COC(=O)CC(N)C(=O)O)=C/N)n3)c(-c3nc(F)ccc3F)n2)CC1. The summed E-state index contributed by atoms with van der Waals surface area (Å²) in [7, 11) is 0. The average Bonchev–Trinajstić information content (AvgIpc) is 3.67. The lowest BCUT2D eigenvalue weighted by Gasteiger charge is -2.28. The van der Waals surface area contributed by atoms with Crippen LogP contribution < -0.4 is 16.8 Å². The number of rotatable bonds is 13. The number of nitrogens with one attached hydrogen (secondary N) is 1. The van der Waals surface area contributed by atoms with E-state index in [2.05, 4.69) is 25.4 Å². The monoisotopic (exact) mass is 646 g/mol. The molecule has 17 heteroatoms. The number of nitrogens with zero attached hydrogens (tertiary/aromatic N) is 5. The summed E-state index contributed by atoms with van der Waals surface area (Å²) in [4.78, 5) is 47.6. The molecule has 1 fully saturated rings. The number of esters is 1. The van der Waals surface area contributed by atoms with Crippen molar-refractivity contribution >= 4 is 46.7 Å². The first-order valence-electron chi connectivity index (χ1n) is 14.0. The normalized spacial score (nSPS) is 17.7. The number of allylic oxidation sites excluding steroid dienone is 1.